The van der Waals surface area contributed by atoms with Crippen LogP contribution in [0.1, 0.15) is 12.0 Å². The lowest BCUT2D eigenvalue weighted by molar-refractivity contribution is -0.132. The SMILES string of the molecule is O=C1C(N2CCN(S(=O)(=O)c3ccccc3F)CC2)CCN1CCc1ccccc1. The van der Waals surface area contributed by atoms with Gasteiger partial charge in [-0.15, -0.1) is 0 Å². The van der Waals surface area contributed by atoms with Crippen molar-refractivity contribution in [3.05, 3.63) is 66.0 Å². The fraction of sp³-hybridized carbons (Fsp3) is 0.409. The minimum absolute atomic E-state index is 0.122. The van der Waals surface area contributed by atoms with Crippen molar-refractivity contribution in [2.45, 2.75) is 23.8 Å². The van der Waals surface area contributed by atoms with E-state index in [1.54, 1.807) is 0 Å². The normalized spacial score (nSPS) is 21.3. The van der Waals surface area contributed by atoms with Gasteiger partial charge in [-0.05, 0) is 30.5 Å². The Morgan fingerprint density at radius 2 is 1.57 bits per heavy atom. The first-order valence-corrected chi connectivity index (χ1v) is 11.7. The van der Waals surface area contributed by atoms with Gasteiger partial charge >= 0.3 is 0 Å². The molecular formula is C22H26FN3O3S. The Balaban J connectivity index is 1.33. The molecule has 160 valence electrons. The standard InChI is InChI=1S/C22H26FN3O3S/c23-19-8-4-5-9-21(19)30(28,29)26-16-14-24(15-17-26)20-11-13-25(22(20)27)12-10-18-6-2-1-3-7-18/h1-9,20H,10-17H2. The highest BCUT2D eigenvalue weighted by Gasteiger charge is 2.39. The third kappa shape index (κ3) is 4.26. The maximum absolute atomic E-state index is 14.0. The molecule has 0 saturated carbocycles. The number of likely N-dealkylation sites (tertiary alicyclic amines) is 1. The molecule has 2 heterocycles. The fourth-order valence-corrected chi connectivity index (χ4v) is 5.73. The molecule has 1 atom stereocenters. The Kier molecular flexibility index (Phi) is 6.17. The molecule has 0 radical (unpaired) electrons. The van der Waals surface area contributed by atoms with Crippen LogP contribution in [0, 0.1) is 5.82 Å². The van der Waals surface area contributed by atoms with E-state index in [-0.39, 0.29) is 29.9 Å². The number of amides is 1. The van der Waals surface area contributed by atoms with Crippen LogP contribution in [0.25, 0.3) is 0 Å². The zero-order valence-electron chi connectivity index (χ0n) is 16.8. The van der Waals surface area contributed by atoms with Gasteiger partial charge in [0.2, 0.25) is 15.9 Å². The van der Waals surface area contributed by atoms with Crippen LogP contribution in [0.3, 0.4) is 0 Å². The number of piperazine rings is 1. The number of benzene rings is 2. The van der Waals surface area contributed by atoms with Crippen LogP contribution in [-0.4, -0.2) is 73.7 Å². The first-order chi connectivity index (χ1) is 14.5. The first-order valence-electron chi connectivity index (χ1n) is 10.3. The predicted octanol–water partition coefficient (Wildman–Crippen LogP) is 1.98. The Morgan fingerprint density at radius 3 is 2.27 bits per heavy atom. The number of nitrogens with zero attached hydrogens (tertiary/aromatic N) is 3. The number of halogens is 1. The second-order valence-electron chi connectivity index (χ2n) is 7.74. The number of sulfonamides is 1. The van der Waals surface area contributed by atoms with Gasteiger partial charge in [-0.25, -0.2) is 12.8 Å². The molecule has 30 heavy (non-hydrogen) atoms. The van der Waals surface area contributed by atoms with Gasteiger partial charge < -0.3 is 4.90 Å². The number of rotatable bonds is 6. The topological polar surface area (TPSA) is 60.9 Å². The van der Waals surface area contributed by atoms with Crippen molar-refractivity contribution < 1.29 is 17.6 Å². The lowest BCUT2D eigenvalue weighted by Gasteiger charge is -2.36. The van der Waals surface area contributed by atoms with Gasteiger partial charge in [-0.2, -0.15) is 4.31 Å². The number of carbonyl (C=O) groups is 1. The minimum atomic E-state index is -3.87. The average Bonchev–Trinajstić information content (AvgIpc) is 3.13. The van der Waals surface area contributed by atoms with Crippen LogP contribution in [0.4, 0.5) is 4.39 Å². The lowest BCUT2D eigenvalue weighted by Crippen LogP contribution is -2.53. The molecular weight excluding hydrogens is 405 g/mol. The highest BCUT2D eigenvalue weighted by molar-refractivity contribution is 7.89. The zero-order chi connectivity index (χ0) is 21.1. The lowest BCUT2D eigenvalue weighted by atomic mass is 10.1. The summed E-state index contributed by atoms with van der Waals surface area (Å²) in [7, 11) is -3.87. The van der Waals surface area contributed by atoms with Crippen LogP contribution in [0.5, 0.6) is 0 Å². The molecule has 0 aromatic heterocycles. The van der Waals surface area contributed by atoms with E-state index < -0.39 is 15.8 Å². The maximum Gasteiger partial charge on any atom is 0.246 e. The summed E-state index contributed by atoms with van der Waals surface area (Å²) in [6.07, 6.45) is 1.58. The molecule has 6 nitrogen and oxygen atoms in total. The first kappa shape index (κ1) is 21.0. The van der Waals surface area contributed by atoms with Crippen molar-refractivity contribution in [3.63, 3.8) is 0 Å². The smallest absolute Gasteiger partial charge is 0.246 e. The van der Waals surface area contributed by atoms with Crippen LogP contribution >= 0.6 is 0 Å². The quantitative estimate of drug-likeness (QED) is 0.702. The molecule has 1 amide bonds. The maximum atomic E-state index is 14.0. The van der Waals surface area contributed by atoms with Crippen LogP contribution < -0.4 is 0 Å². The van der Waals surface area contributed by atoms with Gasteiger partial charge in [0.1, 0.15) is 10.7 Å². The molecule has 0 aliphatic carbocycles. The monoisotopic (exact) mass is 431 g/mol. The minimum Gasteiger partial charge on any atom is -0.341 e. The average molecular weight is 432 g/mol. The van der Waals surface area contributed by atoms with E-state index in [0.717, 1.165) is 25.5 Å². The predicted molar refractivity (Wildman–Crippen MR) is 112 cm³/mol. The number of carbonyl (C=O) groups excluding carboxylic acids is 1. The Bertz CT molecular complexity index is 992. The van der Waals surface area contributed by atoms with Crippen LogP contribution in [0.2, 0.25) is 0 Å². The van der Waals surface area contributed by atoms with E-state index in [0.29, 0.717) is 19.6 Å². The molecule has 2 saturated heterocycles. The highest BCUT2D eigenvalue weighted by Crippen LogP contribution is 2.23. The molecule has 1 unspecified atom stereocenters. The Labute approximate surface area is 176 Å². The van der Waals surface area contributed by atoms with Crippen molar-refractivity contribution in [1.29, 1.82) is 0 Å². The molecule has 2 fully saturated rings. The van der Waals surface area contributed by atoms with E-state index in [1.807, 2.05) is 23.1 Å². The van der Waals surface area contributed by atoms with E-state index in [9.17, 15) is 17.6 Å². The van der Waals surface area contributed by atoms with Gasteiger partial charge in [0, 0.05) is 39.3 Å². The second-order valence-corrected chi connectivity index (χ2v) is 9.64. The molecule has 2 aromatic carbocycles. The van der Waals surface area contributed by atoms with E-state index in [1.165, 1.54) is 28.1 Å². The Hall–Kier alpha value is -2.29. The van der Waals surface area contributed by atoms with Crippen molar-refractivity contribution in [2.75, 3.05) is 39.3 Å². The summed E-state index contributed by atoms with van der Waals surface area (Å²) < 4.78 is 40.8. The summed E-state index contributed by atoms with van der Waals surface area (Å²) >= 11 is 0. The summed E-state index contributed by atoms with van der Waals surface area (Å²) in [5.41, 5.74) is 1.21. The summed E-state index contributed by atoms with van der Waals surface area (Å²) in [5.74, 6) is -0.615. The van der Waals surface area contributed by atoms with Crippen molar-refractivity contribution in [3.8, 4) is 0 Å². The summed E-state index contributed by atoms with van der Waals surface area (Å²) in [6, 6.07) is 15.4. The summed E-state index contributed by atoms with van der Waals surface area (Å²) in [4.78, 5) is 16.6. The fourth-order valence-electron chi connectivity index (χ4n) is 4.24. The molecule has 4 rings (SSSR count). The van der Waals surface area contributed by atoms with Gasteiger partial charge in [-0.1, -0.05) is 42.5 Å². The zero-order valence-corrected chi connectivity index (χ0v) is 17.6. The third-order valence-electron chi connectivity index (χ3n) is 5.95. The van der Waals surface area contributed by atoms with E-state index in [4.69, 9.17) is 0 Å². The molecule has 8 heteroatoms. The van der Waals surface area contributed by atoms with Gasteiger partial charge in [0.25, 0.3) is 0 Å². The molecule has 2 aliphatic rings. The molecule has 0 bridgehead atoms. The number of hydrogen-bond donors (Lipinski definition) is 0. The molecule has 2 aromatic rings. The van der Waals surface area contributed by atoms with Crippen molar-refractivity contribution in [2.24, 2.45) is 0 Å². The second kappa shape index (κ2) is 8.83. The van der Waals surface area contributed by atoms with Crippen LogP contribution in [0.15, 0.2) is 59.5 Å². The van der Waals surface area contributed by atoms with Crippen molar-refractivity contribution in [1.82, 2.24) is 14.1 Å². The highest BCUT2D eigenvalue weighted by atomic mass is 32.2. The third-order valence-corrected chi connectivity index (χ3v) is 7.88. The van der Waals surface area contributed by atoms with Crippen molar-refractivity contribution >= 4 is 15.9 Å². The summed E-state index contributed by atoms with van der Waals surface area (Å²) in [6.45, 7) is 2.87. The van der Waals surface area contributed by atoms with Gasteiger partial charge in [-0.3, -0.25) is 9.69 Å². The van der Waals surface area contributed by atoms with E-state index in [2.05, 4.69) is 17.0 Å². The Morgan fingerprint density at radius 1 is 0.900 bits per heavy atom. The van der Waals surface area contributed by atoms with Gasteiger partial charge in [0.15, 0.2) is 0 Å². The van der Waals surface area contributed by atoms with Gasteiger partial charge in [0.05, 0.1) is 6.04 Å². The largest absolute Gasteiger partial charge is 0.341 e. The molecule has 2 aliphatic heterocycles. The van der Waals surface area contributed by atoms with E-state index >= 15 is 0 Å². The summed E-state index contributed by atoms with van der Waals surface area (Å²) in [5, 5.41) is 0. The molecule has 0 spiro atoms. The van der Waals surface area contributed by atoms with Crippen LogP contribution in [-0.2, 0) is 21.2 Å². The molecule has 0 N–H and O–H groups in total. The number of hydrogen-bond acceptors (Lipinski definition) is 4.